The third-order valence-corrected chi connectivity index (χ3v) is 4.67. The van der Waals surface area contributed by atoms with Gasteiger partial charge in [0.1, 0.15) is 6.61 Å². The average molecular weight is 327 g/mol. The van der Waals surface area contributed by atoms with Crippen LogP contribution >= 0.6 is 0 Å². The summed E-state index contributed by atoms with van der Waals surface area (Å²) >= 11 is 0. The average Bonchev–Trinajstić information content (AvgIpc) is 3.16. The maximum Gasteiger partial charge on any atom is 0.414 e. The molecule has 2 heterocycles. The van der Waals surface area contributed by atoms with Crippen molar-refractivity contribution >= 4 is 11.8 Å². The van der Waals surface area contributed by atoms with Crippen LogP contribution < -0.4 is 4.90 Å². The Kier molecular flexibility index (Phi) is 3.90. The smallest absolute Gasteiger partial charge is 0.414 e. The standard InChI is InChI=1S/C19H25N3O2/c1-18(2,3)15-12-20-22(13-15)19(4,5)14-6-8-16(9-7-14)21-10-11-24-17(21)23/h6-9,12-13H,10-11H2,1-5H3. The van der Waals surface area contributed by atoms with Crippen LogP contribution in [0.2, 0.25) is 0 Å². The first-order chi connectivity index (χ1) is 11.2. The summed E-state index contributed by atoms with van der Waals surface area (Å²) in [4.78, 5) is 13.3. The van der Waals surface area contributed by atoms with Crippen molar-refractivity contribution in [2.45, 2.75) is 45.6 Å². The summed E-state index contributed by atoms with van der Waals surface area (Å²) in [6, 6.07) is 8.05. The van der Waals surface area contributed by atoms with Crippen molar-refractivity contribution in [1.82, 2.24) is 9.78 Å². The molecule has 0 aliphatic carbocycles. The van der Waals surface area contributed by atoms with Gasteiger partial charge in [-0.2, -0.15) is 5.10 Å². The highest BCUT2D eigenvalue weighted by Crippen LogP contribution is 2.30. The summed E-state index contributed by atoms with van der Waals surface area (Å²) < 4.78 is 7.00. The second-order valence-electron chi connectivity index (χ2n) is 7.80. The zero-order chi connectivity index (χ0) is 17.5. The summed E-state index contributed by atoms with van der Waals surface area (Å²) in [5.41, 5.74) is 3.03. The maximum absolute atomic E-state index is 11.7. The normalized spacial score (nSPS) is 15.7. The van der Waals surface area contributed by atoms with Gasteiger partial charge in [0.15, 0.2) is 0 Å². The molecule has 128 valence electrons. The number of nitrogens with zero attached hydrogens (tertiary/aromatic N) is 3. The maximum atomic E-state index is 11.7. The lowest BCUT2D eigenvalue weighted by molar-refractivity contribution is 0.181. The van der Waals surface area contributed by atoms with Crippen LogP contribution in [0.5, 0.6) is 0 Å². The van der Waals surface area contributed by atoms with E-state index in [0.29, 0.717) is 13.2 Å². The molecule has 1 aliphatic heterocycles. The van der Waals surface area contributed by atoms with E-state index in [-0.39, 0.29) is 17.0 Å². The Balaban J connectivity index is 1.87. The summed E-state index contributed by atoms with van der Waals surface area (Å²) in [6.45, 7) is 11.9. The number of hydrogen-bond acceptors (Lipinski definition) is 3. The molecule has 1 saturated heterocycles. The quantitative estimate of drug-likeness (QED) is 0.858. The van der Waals surface area contributed by atoms with Crippen LogP contribution in [0.25, 0.3) is 0 Å². The first-order valence-corrected chi connectivity index (χ1v) is 8.30. The number of rotatable bonds is 3. The van der Waals surface area contributed by atoms with Crippen LogP contribution in [-0.2, 0) is 15.7 Å². The van der Waals surface area contributed by atoms with E-state index in [1.54, 1.807) is 4.90 Å². The van der Waals surface area contributed by atoms with E-state index in [1.165, 1.54) is 5.56 Å². The molecular weight excluding hydrogens is 302 g/mol. The van der Waals surface area contributed by atoms with Gasteiger partial charge in [-0.15, -0.1) is 0 Å². The van der Waals surface area contributed by atoms with Crippen LogP contribution in [0.3, 0.4) is 0 Å². The largest absolute Gasteiger partial charge is 0.447 e. The molecule has 0 bridgehead atoms. The summed E-state index contributed by atoms with van der Waals surface area (Å²) in [5, 5.41) is 4.57. The predicted molar refractivity (Wildman–Crippen MR) is 94.5 cm³/mol. The van der Waals surface area contributed by atoms with E-state index >= 15 is 0 Å². The Hall–Kier alpha value is -2.30. The molecular formula is C19H25N3O2. The summed E-state index contributed by atoms with van der Waals surface area (Å²) in [5.74, 6) is 0. The molecule has 0 N–H and O–H groups in total. The van der Waals surface area contributed by atoms with E-state index in [2.05, 4.69) is 58.0 Å². The molecule has 0 atom stereocenters. The van der Waals surface area contributed by atoms with Crippen LogP contribution in [0.15, 0.2) is 36.7 Å². The third kappa shape index (κ3) is 2.90. The molecule has 1 aromatic carbocycles. The van der Waals surface area contributed by atoms with Gasteiger partial charge in [0.2, 0.25) is 0 Å². The molecule has 1 aromatic heterocycles. The minimum atomic E-state index is -0.274. The van der Waals surface area contributed by atoms with Crippen LogP contribution in [0.4, 0.5) is 10.5 Å². The molecule has 1 fully saturated rings. The van der Waals surface area contributed by atoms with Gasteiger partial charge in [0.05, 0.1) is 18.3 Å². The fourth-order valence-corrected chi connectivity index (χ4v) is 2.83. The first kappa shape index (κ1) is 16.6. The van der Waals surface area contributed by atoms with Gasteiger partial charge in [-0.3, -0.25) is 9.58 Å². The molecule has 0 spiro atoms. The van der Waals surface area contributed by atoms with Gasteiger partial charge >= 0.3 is 6.09 Å². The zero-order valence-corrected chi connectivity index (χ0v) is 15.0. The van der Waals surface area contributed by atoms with E-state index < -0.39 is 0 Å². The minimum absolute atomic E-state index is 0.0777. The molecule has 5 heteroatoms. The van der Waals surface area contributed by atoms with Crippen LogP contribution in [0.1, 0.15) is 45.7 Å². The molecule has 3 rings (SSSR count). The molecule has 5 nitrogen and oxygen atoms in total. The van der Waals surface area contributed by atoms with Crippen LogP contribution in [-0.4, -0.2) is 29.0 Å². The second kappa shape index (κ2) is 5.65. The lowest BCUT2D eigenvalue weighted by Crippen LogP contribution is -2.29. The van der Waals surface area contributed by atoms with Crippen molar-refractivity contribution in [1.29, 1.82) is 0 Å². The van der Waals surface area contributed by atoms with Gasteiger partial charge in [-0.1, -0.05) is 32.9 Å². The molecule has 1 aliphatic rings. The number of carbonyl (C=O) groups excluding carboxylic acids is 1. The number of cyclic esters (lactones) is 1. The first-order valence-electron chi connectivity index (χ1n) is 8.30. The number of ether oxygens (including phenoxy) is 1. The lowest BCUT2D eigenvalue weighted by atomic mass is 9.89. The number of carbonyl (C=O) groups is 1. The van der Waals surface area contributed by atoms with Crippen molar-refractivity contribution in [3.05, 3.63) is 47.8 Å². The third-order valence-electron chi connectivity index (χ3n) is 4.67. The van der Waals surface area contributed by atoms with Gasteiger partial charge < -0.3 is 4.74 Å². The zero-order valence-electron chi connectivity index (χ0n) is 15.0. The minimum Gasteiger partial charge on any atom is -0.447 e. The SMILES string of the molecule is CC(C)(C)c1cnn(C(C)(C)c2ccc(N3CCOC3=O)cc2)c1. The Bertz CT molecular complexity index is 739. The van der Waals surface area contributed by atoms with Crippen molar-refractivity contribution < 1.29 is 9.53 Å². The summed E-state index contributed by atoms with van der Waals surface area (Å²) in [7, 11) is 0. The monoisotopic (exact) mass is 327 g/mol. The van der Waals surface area contributed by atoms with Crippen molar-refractivity contribution in [3.63, 3.8) is 0 Å². The fraction of sp³-hybridized carbons (Fsp3) is 0.474. The topological polar surface area (TPSA) is 47.4 Å². The Morgan fingerprint density at radius 3 is 2.21 bits per heavy atom. The highest BCUT2D eigenvalue weighted by Gasteiger charge is 2.27. The highest BCUT2D eigenvalue weighted by molar-refractivity contribution is 5.89. The fourth-order valence-electron chi connectivity index (χ4n) is 2.83. The number of benzene rings is 1. The highest BCUT2D eigenvalue weighted by atomic mass is 16.6. The lowest BCUT2D eigenvalue weighted by Gasteiger charge is -2.27. The predicted octanol–water partition coefficient (Wildman–Crippen LogP) is 3.92. The second-order valence-corrected chi connectivity index (χ2v) is 7.80. The van der Waals surface area contributed by atoms with E-state index in [1.807, 2.05) is 23.0 Å². The van der Waals surface area contributed by atoms with Gasteiger partial charge in [0.25, 0.3) is 0 Å². The van der Waals surface area contributed by atoms with Crippen LogP contribution in [0, 0.1) is 0 Å². The van der Waals surface area contributed by atoms with E-state index in [9.17, 15) is 4.79 Å². The van der Waals surface area contributed by atoms with Gasteiger partial charge in [-0.05, 0) is 42.5 Å². The van der Waals surface area contributed by atoms with E-state index in [4.69, 9.17) is 4.74 Å². The molecule has 0 unspecified atom stereocenters. The molecule has 2 aromatic rings. The van der Waals surface area contributed by atoms with Gasteiger partial charge in [0, 0.05) is 11.9 Å². The number of aromatic nitrogens is 2. The molecule has 24 heavy (non-hydrogen) atoms. The molecule has 1 amide bonds. The molecule has 0 saturated carbocycles. The van der Waals surface area contributed by atoms with Crippen molar-refractivity contribution in [2.24, 2.45) is 0 Å². The van der Waals surface area contributed by atoms with E-state index in [0.717, 1.165) is 11.3 Å². The Morgan fingerprint density at radius 1 is 1.04 bits per heavy atom. The number of anilines is 1. The Labute approximate surface area is 143 Å². The van der Waals surface area contributed by atoms with Gasteiger partial charge in [-0.25, -0.2) is 4.79 Å². The summed E-state index contributed by atoms with van der Waals surface area (Å²) in [6.07, 6.45) is 3.78. The number of hydrogen-bond donors (Lipinski definition) is 0. The Morgan fingerprint density at radius 2 is 1.71 bits per heavy atom. The number of amides is 1. The molecule has 0 radical (unpaired) electrons. The van der Waals surface area contributed by atoms with Crippen molar-refractivity contribution in [3.8, 4) is 0 Å². The van der Waals surface area contributed by atoms with Crippen molar-refractivity contribution in [2.75, 3.05) is 18.1 Å².